The number of carbonyl (C=O) groups excluding carboxylic acids is 1. The Morgan fingerprint density at radius 3 is 2.62 bits per heavy atom. The van der Waals surface area contributed by atoms with E-state index in [9.17, 15) is 4.79 Å². The SMILES string of the molecule is CC[C@H]1[C@@H](NCc2ccc(OC)cc2)[C@H]2CCC[C@H]2N1C(=O)OC. The maximum Gasteiger partial charge on any atom is 0.410 e. The number of nitrogens with one attached hydrogen (secondary N) is 1. The molecule has 0 aromatic heterocycles. The molecule has 1 amide bonds. The van der Waals surface area contributed by atoms with E-state index in [1.54, 1.807) is 7.11 Å². The number of benzene rings is 1. The van der Waals surface area contributed by atoms with Gasteiger partial charge in [0.2, 0.25) is 0 Å². The van der Waals surface area contributed by atoms with E-state index in [0.717, 1.165) is 25.1 Å². The smallest absolute Gasteiger partial charge is 0.410 e. The molecule has 24 heavy (non-hydrogen) atoms. The van der Waals surface area contributed by atoms with Crippen LogP contribution in [0.5, 0.6) is 5.75 Å². The second kappa shape index (κ2) is 7.43. The monoisotopic (exact) mass is 332 g/mol. The third kappa shape index (κ3) is 3.09. The summed E-state index contributed by atoms with van der Waals surface area (Å²) in [4.78, 5) is 14.3. The molecule has 1 aromatic carbocycles. The van der Waals surface area contributed by atoms with Crippen LogP contribution in [0.4, 0.5) is 4.79 Å². The zero-order chi connectivity index (χ0) is 17.1. The second-order valence-electron chi connectivity index (χ2n) is 6.77. The fourth-order valence-electron chi connectivity index (χ4n) is 4.53. The summed E-state index contributed by atoms with van der Waals surface area (Å²) < 4.78 is 10.3. The molecule has 0 spiro atoms. The molecule has 1 N–H and O–H groups in total. The number of fused-ring (bicyclic) bond motifs is 1. The number of rotatable bonds is 5. The Kier molecular flexibility index (Phi) is 5.29. The maximum atomic E-state index is 12.3. The van der Waals surface area contributed by atoms with Crippen molar-refractivity contribution in [2.75, 3.05) is 14.2 Å². The summed E-state index contributed by atoms with van der Waals surface area (Å²) in [5, 5.41) is 3.73. The van der Waals surface area contributed by atoms with Crippen molar-refractivity contribution in [2.45, 2.75) is 57.3 Å². The number of likely N-dealkylation sites (tertiary alicyclic amines) is 1. The Morgan fingerprint density at radius 1 is 1.25 bits per heavy atom. The average molecular weight is 332 g/mol. The van der Waals surface area contributed by atoms with Crippen LogP contribution in [0.1, 0.15) is 38.2 Å². The zero-order valence-corrected chi connectivity index (χ0v) is 14.8. The fraction of sp³-hybridized carbons (Fsp3) is 0.632. The first-order valence-electron chi connectivity index (χ1n) is 8.92. The lowest BCUT2D eigenvalue weighted by atomic mass is 9.94. The minimum atomic E-state index is -0.174. The zero-order valence-electron chi connectivity index (χ0n) is 14.8. The molecule has 1 aliphatic heterocycles. The summed E-state index contributed by atoms with van der Waals surface area (Å²) in [5.41, 5.74) is 1.23. The largest absolute Gasteiger partial charge is 0.497 e. The van der Waals surface area contributed by atoms with Crippen molar-refractivity contribution in [1.82, 2.24) is 10.2 Å². The lowest BCUT2D eigenvalue weighted by Gasteiger charge is -2.29. The number of methoxy groups -OCH3 is 2. The van der Waals surface area contributed by atoms with Gasteiger partial charge in [0.05, 0.1) is 20.3 Å². The van der Waals surface area contributed by atoms with Gasteiger partial charge in [-0.15, -0.1) is 0 Å². The molecule has 1 heterocycles. The fourth-order valence-corrected chi connectivity index (χ4v) is 4.53. The first kappa shape index (κ1) is 17.1. The third-order valence-corrected chi connectivity index (χ3v) is 5.63. The molecule has 3 rings (SSSR count). The second-order valence-corrected chi connectivity index (χ2v) is 6.77. The van der Waals surface area contributed by atoms with Gasteiger partial charge in [-0.3, -0.25) is 0 Å². The van der Waals surface area contributed by atoms with Crippen LogP contribution in [0, 0.1) is 5.92 Å². The van der Waals surface area contributed by atoms with Gasteiger partial charge in [0, 0.05) is 18.6 Å². The maximum absolute atomic E-state index is 12.3. The number of hydrogen-bond acceptors (Lipinski definition) is 4. The third-order valence-electron chi connectivity index (χ3n) is 5.63. The van der Waals surface area contributed by atoms with E-state index < -0.39 is 0 Å². The van der Waals surface area contributed by atoms with Crippen LogP contribution >= 0.6 is 0 Å². The molecule has 1 saturated heterocycles. The topological polar surface area (TPSA) is 50.8 Å². The summed E-state index contributed by atoms with van der Waals surface area (Å²) in [6.45, 7) is 2.97. The summed E-state index contributed by atoms with van der Waals surface area (Å²) in [6.07, 6.45) is 4.25. The van der Waals surface area contributed by atoms with Crippen LogP contribution in [-0.2, 0) is 11.3 Å². The molecule has 5 nitrogen and oxygen atoms in total. The number of carbonyl (C=O) groups is 1. The molecule has 132 valence electrons. The molecule has 2 aliphatic rings. The van der Waals surface area contributed by atoms with Crippen molar-refractivity contribution in [3.63, 3.8) is 0 Å². The summed E-state index contributed by atoms with van der Waals surface area (Å²) in [7, 11) is 3.16. The Hall–Kier alpha value is -1.75. The highest BCUT2D eigenvalue weighted by Crippen LogP contribution is 2.42. The van der Waals surface area contributed by atoms with E-state index in [2.05, 4.69) is 24.4 Å². The van der Waals surface area contributed by atoms with Crippen LogP contribution in [0.15, 0.2) is 24.3 Å². The van der Waals surface area contributed by atoms with Crippen molar-refractivity contribution >= 4 is 6.09 Å². The Labute approximate surface area is 144 Å². The molecule has 2 fully saturated rings. The number of ether oxygens (including phenoxy) is 2. The van der Waals surface area contributed by atoms with Gasteiger partial charge in [-0.2, -0.15) is 0 Å². The van der Waals surface area contributed by atoms with Gasteiger partial charge in [-0.05, 0) is 42.9 Å². The first-order chi connectivity index (χ1) is 11.7. The molecule has 4 atom stereocenters. The Bertz CT molecular complexity index is 560. The van der Waals surface area contributed by atoms with Crippen molar-refractivity contribution in [1.29, 1.82) is 0 Å². The van der Waals surface area contributed by atoms with E-state index >= 15 is 0 Å². The number of hydrogen-bond donors (Lipinski definition) is 1. The van der Waals surface area contributed by atoms with Gasteiger partial charge in [0.1, 0.15) is 5.75 Å². The summed E-state index contributed by atoms with van der Waals surface area (Å²) >= 11 is 0. The highest BCUT2D eigenvalue weighted by atomic mass is 16.5. The summed E-state index contributed by atoms with van der Waals surface area (Å²) in [6, 6.07) is 9.03. The first-order valence-corrected chi connectivity index (χ1v) is 8.92. The molecular formula is C19H28N2O3. The molecule has 5 heteroatoms. The minimum absolute atomic E-state index is 0.174. The lowest BCUT2D eigenvalue weighted by Crippen LogP contribution is -2.46. The van der Waals surface area contributed by atoms with Crippen molar-refractivity contribution in [3.8, 4) is 5.75 Å². The van der Waals surface area contributed by atoms with E-state index in [1.165, 1.54) is 25.5 Å². The predicted octanol–water partition coefficient (Wildman–Crippen LogP) is 3.18. The van der Waals surface area contributed by atoms with Gasteiger partial charge < -0.3 is 19.7 Å². The molecule has 0 unspecified atom stereocenters. The molecule has 1 aliphatic carbocycles. The Balaban J connectivity index is 1.71. The van der Waals surface area contributed by atoms with Crippen LogP contribution < -0.4 is 10.1 Å². The molecular weight excluding hydrogens is 304 g/mol. The van der Waals surface area contributed by atoms with Crippen LogP contribution in [0.3, 0.4) is 0 Å². The summed E-state index contributed by atoms with van der Waals surface area (Å²) in [5.74, 6) is 1.41. The molecule has 0 bridgehead atoms. The van der Waals surface area contributed by atoms with Crippen LogP contribution in [0.25, 0.3) is 0 Å². The molecule has 0 radical (unpaired) electrons. The van der Waals surface area contributed by atoms with Crippen LogP contribution in [0.2, 0.25) is 0 Å². The number of nitrogens with zero attached hydrogens (tertiary/aromatic N) is 1. The Morgan fingerprint density at radius 2 is 2.00 bits per heavy atom. The normalized spacial score (nSPS) is 28.7. The lowest BCUT2D eigenvalue weighted by molar-refractivity contribution is 0.0978. The van der Waals surface area contributed by atoms with Crippen LogP contribution in [-0.4, -0.2) is 43.3 Å². The molecule has 1 saturated carbocycles. The van der Waals surface area contributed by atoms with Gasteiger partial charge in [-0.25, -0.2) is 4.79 Å². The van der Waals surface area contributed by atoms with Gasteiger partial charge in [-0.1, -0.05) is 25.5 Å². The quantitative estimate of drug-likeness (QED) is 0.900. The van der Waals surface area contributed by atoms with E-state index in [1.807, 2.05) is 17.0 Å². The predicted molar refractivity (Wildman–Crippen MR) is 93.1 cm³/mol. The van der Waals surface area contributed by atoms with Gasteiger partial charge in [0.25, 0.3) is 0 Å². The van der Waals surface area contributed by atoms with Gasteiger partial charge in [0.15, 0.2) is 0 Å². The molecule has 1 aromatic rings. The van der Waals surface area contributed by atoms with E-state index in [-0.39, 0.29) is 12.1 Å². The number of amides is 1. The van der Waals surface area contributed by atoms with E-state index in [4.69, 9.17) is 9.47 Å². The average Bonchev–Trinajstić information content (AvgIpc) is 3.19. The van der Waals surface area contributed by atoms with E-state index in [0.29, 0.717) is 18.0 Å². The highest BCUT2D eigenvalue weighted by Gasteiger charge is 2.51. The van der Waals surface area contributed by atoms with Crippen molar-refractivity contribution in [2.24, 2.45) is 5.92 Å². The highest BCUT2D eigenvalue weighted by molar-refractivity contribution is 5.69. The standard InChI is InChI=1S/C19H28N2O3/c1-4-16-18(20-12-13-8-10-14(23-2)11-9-13)15-6-5-7-17(15)21(16)19(22)24-3/h8-11,15-18,20H,4-7,12H2,1-3H3/t15-,16-,17+,18-/m0/s1. The van der Waals surface area contributed by atoms with Gasteiger partial charge >= 0.3 is 6.09 Å². The van der Waals surface area contributed by atoms with Crippen molar-refractivity contribution < 1.29 is 14.3 Å². The van der Waals surface area contributed by atoms with Crippen molar-refractivity contribution in [3.05, 3.63) is 29.8 Å². The minimum Gasteiger partial charge on any atom is -0.497 e.